The number of nitrogens with one attached hydrogen (secondary N) is 1. The molecule has 0 aliphatic rings. The summed E-state index contributed by atoms with van der Waals surface area (Å²) in [6, 6.07) is 3.88. The molecule has 0 spiro atoms. The van der Waals surface area contributed by atoms with Gasteiger partial charge in [0.05, 0.1) is 12.2 Å². The summed E-state index contributed by atoms with van der Waals surface area (Å²) >= 11 is 0. The van der Waals surface area contributed by atoms with Crippen molar-refractivity contribution in [3.8, 4) is 11.8 Å². The normalized spacial score (nSPS) is 12.3. The van der Waals surface area contributed by atoms with Gasteiger partial charge >= 0.3 is 0 Å². The Morgan fingerprint density at radius 3 is 2.67 bits per heavy atom. The van der Waals surface area contributed by atoms with E-state index in [4.69, 9.17) is 5.11 Å². The van der Waals surface area contributed by atoms with Gasteiger partial charge in [-0.25, -0.2) is 4.39 Å². The predicted octanol–water partition coefficient (Wildman–Crippen LogP) is 2.72. The molecular formula is C17H22FNO2. The lowest BCUT2D eigenvalue weighted by Gasteiger charge is -2.28. The molecule has 1 atom stereocenters. The Bertz CT molecular complexity index is 564. The molecule has 114 valence electrons. The van der Waals surface area contributed by atoms with E-state index in [9.17, 15) is 9.18 Å². The first-order chi connectivity index (χ1) is 9.75. The van der Waals surface area contributed by atoms with E-state index in [0.717, 1.165) is 0 Å². The fourth-order valence-electron chi connectivity index (χ4n) is 1.52. The molecule has 2 N–H and O–H groups in total. The van der Waals surface area contributed by atoms with Crippen molar-refractivity contribution in [3.63, 3.8) is 0 Å². The number of hydrogen-bond donors (Lipinski definition) is 2. The number of hydrogen-bond acceptors (Lipinski definition) is 2. The van der Waals surface area contributed by atoms with E-state index in [1.54, 1.807) is 0 Å². The molecule has 0 fully saturated rings. The van der Waals surface area contributed by atoms with Crippen LogP contribution in [0.25, 0.3) is 0 Å². The van der Waals surface area contributed by atoms with Crippen LogP contribution in [-0.4, -0.2) is 23.7 Å². The minimum atomic E-state index is -0.476. The zero-order valence-electron chi connectivity index (χ0n) is 13.0. The molecule has 1 amide bonds. The van der Waals surface area contributed by atoms with Gasteiger partial charge in [0.15, 0.2) is 0 Å². The standard InChI is InChI=1S/C17H22FNO2/c1-12(17(2,3)4)19-16(21)15-11-14(18)9-8-13(15)7-5-6-10-20/h8-9,11-12,20H,6,10H2,1-4H3,(H,19,21). The van der Waals surface area contributed by atoms with Crippen LogP contribution in [0.2, 0.25) is 0 Å². The molecular weight excluding hydrogens is 269 g/mol. The van der Waals surface area contributed by atoms with E-state index in [-0.39, 0.29) is 29.5 Å². The first kappa shape index (κ1) is 17.2. The predicted molar refractivity (Wildman–Crippen MR) is 81.4 cm³/mol. The molecule has 0 aliphatic heterocycles. The van der Waals surface area contributed by atoms with Gasteiger partial charge in [0.25, 0.3) is 5.91 Å². The van der Waals surface area contributed by atoms with Gasteiger partial charge in [-0.2, -0.15) is 0 Å². The lowest BCUT2D eigenvalue weighted by molar-refractivity contribution is 0.0909. The van der Waals surface area contributed by atoms with Gasteiger partial charge in [-0.15, -0.1) is 0 Å². The molecule has 4 heteroatoms. The fourth-order valence-corrected chi connectivity index (χ4v) is 1.52. The highest BCUT2D eigenvalue weighted by atomic mass is 19.1. The van der Waals surface area contributed by atoms with Crippen LogP contribution in [0.3, 0.4) is 0 Å². The van der Waals surface area contributed by atoms with Crippen LogP contribution >= 0.6 is 0 Å². The maximum Gasteiger partial charge on any atom is 0.252 e. The molecule has 0 saturated heterocycles. The summed E-state index contributed by atoms with van der Waals surface area (Å²) in [6.07, 6.45) is 0.316. The molecule has 0 aliphatic carbocycles. The van der Waals surface area contributed by atoms with E-state index < -0.39 is 5.82 Å². The van der Waals surface area contributed by atoms with Gasteiger partial charge in [0.1, 0.15) is 5.82 Å². The summed E-state index contributed by atoms with van der Waals surface area (Å²) in [7, 11) is 0. The summed E-state index contributed by atoms with van der Waals surface area (Å²) in [5.41, 5.74) is 0.589. The second kappa shape index (κ2) is 7.24. The van der Waals surface area contributed by atoms with Crippen LogP contribution in [0.5, 0.6) is 0 Å². The van der Waals surface area contributed by atoms with Crippen LogP contribution < -0.4 is 5.32 Å². The van der Waals surface area contributed by atoms with Gasteiger partial charge in [-0.3, -0.25) is 4.79 Å². The Morgan fingerprint density at radius 1 is 1.43 bits per heavy atom. The molecule has 1 rings (SSSR count). The van der Waals surface area contributed by atoms with Crippen molar-refractivity contribution in [2.24, 2.45) is 5.41 Å². The summed E-state index contributed by atoms with van der Waals surface area (Å²) in [6.45, 7) is 7.92. The number of carbonyl (C=O) groups is 1. The minimum Gasteiger partial charge on any atom is -0.395 e. The lowest BCUT2D eigenvalue weighted by atomic mass is 9.88. The Balaban J connectivity index is 3.03. The highest BCUT2D eigenvalue weighted by Gasteiger charge is 2.23. The second-order valence-corrected chi connectivity index (χ2v) is 6.03. The molecule has 21 heavy (non-hydrogen) atoms. The van der Waals surface area contributed by atoms with Gasteiger partial charge in [0.2, 0.25) is 0 Å². The van der Waals surface area contributed by atoms with Crippen LogP contribution in [0.4, 0.5) is 4.39 Å². The maximum absolute atomic E-state index is 13.4. The molecule has 0 radical (unpaired) electrons. The number of aliphatic hydroxyl groups is 1. The highest BCUT2D eigenvalue weighted by molar-refractivity contribution is 5.97. The molecule has 3 nitrogen and oxygen atoms in total. The van der Waals surface area contributed by atoms with Gasteiger partial charge in [-0.1, -0.05) is 32.6 Å². The number of halogens is 1. The van der Waals surface area contributed by atoms with E-state index in [1.807, 2.05) is 27.7 Å². The molecule has 0 saturated carbocycles. The van der Waals surface area contributed by atoms with Crippen molar-refractivity contribution < 1.29 is 14.3 Å². The van der Waals surface area contributed by atoms with Gasteiger partial charge < -0.3 is 10.4 Å². The van der Waals surface area contributed by atoms with Crippen LogP contribution in [0.15, 0.2) is 18.2 Å². The van der Waals surface area contributed by atoms with Crippen molar-refractivity contribution in [1.82, 2.24) is 5.32 Å². The van der Waals surface area contributed by atoms with Crippen molar-refractivity contribution >= 4 is 5.91 Å². The van der Waals surface area contributed by atoms with Gasteiger partial charge in [-0.05, 0) is 30.5 Å². The number of amides is 1. The topological polar surface area (TPSA) is 49.3 Å². The zero-order chi connectivity index (χ0) is 16.0. The maximum atomic E-state index is 13.4. The third-order valence-electron chi connectivity index (χ3n) is 3.33. The van der Waals surface area contributed by atoms with Crippen molar-refractivity contribution in [2.45, 2.75) is 40.2 Å². The largest absolute Gasteiger partial charge is 0.395 e. The molecule has 0 bridgehead atoms. The summed E-state index contributed by atoms with van der Waals surface area (Å²) < 4.78 is 13.4. The molecule has 1 aromatic carbocycles. The van der Waals surface area contributed by atoms with Crippen molar-refractivity contribution in [3.05, 3.63) is 35.1 Å². The second-order valence-electron chi connectivity index (χ2n) is 6.03. The Morgan fingerprint density at radius 2 is 2.10 bits per heavy atom. The van der Waals surface area contributed by atoms with Crippen molar-refractivity contribution in [1.29, 1.82) is 0 Å². The van der Waals surface area contributed by atoms with Gasteiger partial charge in [0, 0.05) is 18.0 Å². The summed E-state index contributed by atoms with van der Waals surface area (Å²) in [4.78, 5) is 12.3. The van der Waals surface area contributed by atoms with E-state index >= 15 is 0 Å². The third kappa shape index (κ3) is 5.20. The quantitative estimate of drug-likeness (QED) is 0.841. The number of rotatable bonds is 3. The molecule has 0 heterocycles. The number of benzene rings is 1. The first-order valence-electron chi connectivity index (χ1n) is 6.96. The zero-order valence-corrected chi connectivity index (χ0v) is 13.0. The third-order valence-corrected chi connectivity index (χ3v) is 3.33. The number of aliphatic hydroxyl groups excluding tert-OH is 1. The first-order valence-corrected chi connectivity index (χ1v) is 6.96. The van der Waals surface area contributed by atoms with Crippen LogP contribution in [0, 0.1) is 23.1 Å². The van der Waals surface area contributed by atoms with Crippen molar-refractivity contribution in [2.75, 3.05) is 6.61 Å². The molecule has 1 unspecified atom stereocenters. The Labute approximate surface area is 125 Å². The SMILES string of the molecule is CC(NC(=O)c1cc(F)ccc1C#CCCO)C(C)(C)C. The fraction of sp³-hybridized carbons (Fsp3) is 0.471. The average molecular weight is 291 g/mol. The highest BCUT2D eigenvalue weighted by Crippen LogP contribution is 2.19. The Kier molecular flexibility index (Phi) is 5.92. The summed E-state index contributed by atoms with van der Waals surface area (Å²) in [5, 5.41) is 11.6. The summed E-state index contributed by atoms with van der Waals surface area (Å²) in [5.74, 6) is 4.73. The van der Waals surface area contributed by atoms with E-state index in [0.29, 0.717) is 12.0 Å². The average Bonchev–Trinajstić information content (AvgIpc) is 2.39. The van der Waals surface area contributed by atoms with E-state index in [1.165, 1.54) is 18.2 Å². The lowest BCUT2D eigenvalue weighted by Crippen LogP contribution is -2.41. The monoisotopic (exact) mass is 291 g/mol. The number of carbonyl (C=O) groups excluding carboxylic acids is 1. The van der Waals surface area contributed by atoms with E-state index in [2.05, 4.69) is 17.2 Å². The minimum absolute atomic E-state index is 0.0449. The Hall–Kier alpha value is -1.86. The smallest absolute Gasteiger partial charge is 0.252 e. The van der Waals surface area contributed by atoms with Crippen LogP contribution in [0.1, 0.15) is 50.0 Å². The molecule has 1 aromatic rings. The van der Waals surface area contributed by atoms with Crippen LogP contribution in [-0.2, 0) is 0 Å². The molecule has 0 aromatic heterocycles.